The minimum absolute atomic E-state index is 0.117. The molecule has 1 aliphatic carbocycles. The minimum Gasteiger partial charge on any atom is -0.372 e. The first kappa shape index (κ1) is 30.4. The molecule has 0 aromatic heterocycles. The summed E-state index contributed by atoms with van der Waals surface area (Å²) in [4.78, 5) is 20.7. The Kier molecular flexibility index (Phi) is 9.81. The van der Waals surface area contributed by atoms with Crippen LogP contribution >= 0.6 is 0 Å². The van der Waals surface area contributed by atoms with Gasteiger partial charge < -0.3 is 10.2 Å². The van der Waals surface area contributed by atoms with Gasteiger partial charge in [-0.15, -0.1) is 0 Å². The summed E-state index contributed by atoms with van der Waals surface area (Å²) in [5, 5.41) is 42.5. The number of carbonyl (C=O) groups excluding carboxylic acids is 1. The molecule has 0 saturated heterocycles. The first-order chi connectivity index (χ1) is 19.8. The Morgan fingerprint density at radius 3 is 1.71 bits per heavy atom. The molecular formula is C33H33N7O. The van der Waals surface area contributed by atoms with Crippen LogP contribution in [0.4, 0.5) is 17.1 Å². The molecule has 8 nitrogen and oxygen atoms in total. The van der Waals surface area contributed by atoms with E-state index in [0.29, 0.717) is 41.8 Å². The summed E-state index contributed by atoms with van der Waals surface area (Å²) < 4.78 is 0. The van der Waals surface area contributed by atoms with Gasteiger partial charge in [0, 0.05) is 35.3 Å². The minimum atomic E-state index is -0.557. The van der Waals surface area contributed by atoms with Crippen LogP contribution in [0.3, 0.4) is 0 Å². The number of allylic oxidation sites excluding steroid dienone is 4. The zero-order valence-electron chi connectivity index (χ0n) is 24.2. The molecule has 0 spiro atoms. The molecule has 8 heteroatoms. The topological polar surface area (TPSA) is 140 Å². The molecule has 206 valence electrons. The number of carbonyl (C=O) groups is 1. The van der Waals surface area contributed by atoms with Gasteiger partial charge in [0.25, 0.3) is 0 Å². The molecule has 0 bridgehead atoms. The van der Waals surface area contributed by atoms with Gasteiger partial charge in [-0.3, -0.25) is 4.79 Å². The molecule has 2 aromatic rings. The molecule has 0 radical (unpaired) electrons. The van der Waals surface area contributed by atoms with Gasteiger partial charge in [0.2, 0.25) is 5.91 Å². The van der Waals surface area contributed by atoms with E-state index < -0.39 is 5.41 Å². The number of hydrogen-bond acceptors (Lipinski definition) is 7. The van der Waals surface area contributed by atoms with Crippen molar-refractivity contribution in [2.75, 3.05) is 23.3 Å². The van der Waals surface area contributed by atoms with Crippen molar-refractivity contribution in [3.05, 3.63) is 64.7 Å². The van der Waals surface area contributed by atoms with Gasteiger partial charge in [0.15, 0.2) is 0 Å². The average Bonchev–Trinajstić information content (AvgIpc) is 3.31. The fraction of sp³-hybridized carbons (Fsp3) is 0.333. The van der Waals surface area contributed by atoms with E-state index in [9.17, 15) is 25.8 Å². The Morgan fingerprint density at radius 2 is 1.29 bits per heavy atom. The predicted octanol–water partition coefficient (Wildman–Crippen LogP) is 7.08. The number of anilines is 2. The lowest BCUT2D eigenvalue weighted by atomic mass is 9.79. The molecule has 1 aliphatic rings. The Labute approximate surface area is 242 Å². The Balaban J connectivity index is 2.41. The van der Waals surface area contributed by atoms with E-state index in [1.54, 1.807) is 30.3 Å². The number of amides is 1. The second kappa shape index (κ2) is 13.3. The molecule has 0 heterocycles. The monoisotopic (exact) mass is 543 g/mol. The number of benzene rings is 2. The number of nitriles is 4. The molecular weight excluding hydrogens is 510 g/mol. The van der Waals surface area contributed by atoms with Crippen molar-refractivity contribution in [2.45, 2.75) is 53.9 Å². The van der Waals surface area contributed by atoms with Crippen LogP contribution in [0.25, 0.3) is 11.1 Å². The summed E-state index contributed by atoms with van der Waals surface area (Å²) in [6, 6.07) is 20.3. The number of hydrogen-bond donors (Lipinski definition) is 1. The quantitative estimate of drug-likeness (QED) is 0.335. The van der Waals surface area contributed by atoms with Crippen LogP contribution < -0.4 is 10.2 Å². The summed E-state index contributed by atoms with van der Waals surface area (Å²) >= 11 is 0. The van der Waals surface area contributed by atoms with E-state index in [2.05, 4.69) is 10.2 Å². The number of nitrogens with one attached hydrogen (secondary N) is 1. The van der Waals surface area contributed by atoms with Crippen LogP contribution in [-0.2, 0) is 4.79 Å². The lowest BCUT2D eigenvalue weighted by Gasteiger charge is -2.29. The van der Waals surface area contributed by atoms with Crippen molar-refractivity contribution in [1.29, 1.82) is 21.0 Å². The first-order valence-corrected chi connectivity index (χ1v) is 13.8. The Morgan fingerprint density at radius 1 is 0.805 bits per heavy atom. The van der Waals surface area contributed by atoms with Crippen LogP contribution in [0.2, 0.25) is 0 Å². The van der Waals surface area contributed by atoms with Crippen LogP contribution in [-0.4, -0.2) is 24.7 Å². The van der Waals surface area contributed by atoms with Gasteiger partial charge >= 0.3 is 0 Å². The molecule has 2 aromatic carbocycles. The summed E-state index contributed by atoms with van der Waals surface area (Å²) in [7, 11) is 0. The van der Waals surface area contributed by atoms with Crippen molar-refractivity contribution in [3.63, 3.8) is 0 Å². The average molecular weight is 544 g/mol. The molecule has 0 saturated carbocycles. The normalized spacial score (nSPS) is 11.9. The van der Waals surface area contributed by atoms with Gasteiger partial charge in [-0.05, 0) is 62.4 Å². The molecule has 1 N–H and O–H groups in total. The van der Waals surface area contributed by atoms with Gasteiger partial charge in [0.05, 0.1) is 17.1 Å². The maximum absolute atomic E-state index is 13.7. The number of nitrogens with zero attached hydrogens (tertiary/aromatic N) is 6. The van der Waals surface area contributed by atoms with E-state index in [-0.39, 0.29) is 33.9 Å². The zero-order valence-corrected chi connectivity index (χ0v) is 24.2. The Hall–Kier alpha value is -5.18. The summed E-state index contributed by atoms with van der Waals surface area (Å²) in [5.41, 5.74) is 2.56. The molecule has 3 rings (SSSR count). The third kappa shape index (κ3) is 5.60. The highest BCUT2D eigenvalue weighted by Gasteiger charge is 2.35. The summed E-state index contributed by atoms with van der Waals surface area (Å²) in [6.45, 7) is 11.6. The standard InChI is InChI=1S/C33H33N7O/c1-6-33(7-2,8-3)32(41)39-28-17-24(40(9-4)10-5)15-16-27(28)38-31-29(22(18-34)19-35)25-13-11-12-14-26(25)30(31)23(20-36)21-37/h11-17H,6-10H2,1-5H3,(H,39,41). The number of aliphatic imine (C=N–C) groups is 1. The highest BCUT2D eigenvalue weighted by molar-refractivity contribution is 6.52. The maximum Gasteiger partial charge on any atom is 0.230 e. The molecule has 0 unspecified atom stereocenters. The number of fused-ring (bicyclic) bond motifs is 1. The van der Waals surface area contributed by atoms with Crippen molar-refractivity contribution in [3.8, 4) is 24.3 Å². The SMILES string of the molecule is CCN(CC)c1ccc(N=C2C(=C(C#N)C#N)c3ccccc3C2=C(C#N)C#N)c(NC(=O)C(CC)(CC)CC)c1. The maximum atomic E-state index is 13.7. The zero-order chi connectivity index (χ0) is 30.2. The Bertz CT molecular complexity index is 1500. The second-order valence-corrected chi connectivity index (χ2v) is 9.62. The molecule has 1 amide bonds. The summed E-state index contributed by atoms with van der Waals surface area (Å²) in [5.74, 6) is -0.117. The predicted molar refractivity (Wildman–Crippen MR) is 162 cm³/mol. The molecule has 0 fully saturated rings. The van der Waals surface area contributed by atoms with Gasteiger partial charge in [-0.1, -0.05) is 45.0 Å². The van der Waals surface area contributed by atoms with Gasteiger partial charge in [-0.2, -0.15) is 21.0 Å². The third-order valence-corrected chi connectivity index (χ3v) is 7.99. The first-order valence-electron chi connectivity index (χ1n) is 13.8. The van der Waals surface area contributed by atoms with E-state index in [0.717, 1.165) is 18.8 Å². The largest absolute Gasteiger partial charge is 0.372 e. The lowest BCUT2D eigenvalue weighted by molar-refractivity contribution is -0.126. The van der Waals surface area contributed by atoms with Crippen LogP contribution in [0.1, 0.15) is 65.0 Å². The summed E-state index contributed by atoms with van der Waals surface area (Å²) in [6.07, 6.45) is 2.01. The highest BCUT2D eigenvalue weighted by Crippen LogP contribution is 2.44. The van der Waals surface area contributed by atoms with Crippen molar-refractivity contribution >= 4 is 39.8 Å². The number of rotatable bonds is 9. The van der Waals surface area contributed by atoms with E-state index >= 15 is 0 Å². The lowest BCUT2D eigenvalue weighted by Crippen LogP contribution is -2.34. The van der Waals surface area contributed by atoms with Crippen LogP contribution in [0.15, 0.2) is 58.6 Å². The molecule has 41 heavy (non-hydrogen) atoms. The van der Waals surface area contributed by atoms with Crippen LogP contribution in [0.5, 0.6) is 0 Å². The molecule has 0 aliphatic heterocycles. The fourth-order valence-electron chi connectivity index (χ4n) is 5.30. The molecule has 0 atom stereocenters. The van der Waals surface area contributed by atoms with E-state index in [1.165, 1.54) is 0 Å². The van der Waals surface area contributed by atoms with Crippen molar-refractivity contribution in [2.24, 2.45) is 10.4 Å². The second-order valence-electron chi connectivity index (χ2n) is 9.62. The van der Waals surface area contributed by atoms with E-state index in [4.69, 9.17) is 4.99 Å². The smallest absolute Gasteiger partial charge is 0.230 e. The van der Waals surface area contributed by atoms with Gasteiger partial charge in [0.1, 0.15) is 35.4 Å². The third-order valence-electron chi connectivity index (χ3n) is 7.99. The van der Waals surface area contributed by atoms with Crippen LogP contribution in [0, 0.1) is 50.7 Å². The van der Waals surface area contributed by atoms with E-state index in [1.807, 2.05) is 71.0 Å². The van der Waals surface area contributed by atoms with Gasteiger partial charge in [-0.25, -0.2) is 4.99 Å². The van der Waals surface area contributed by atoms with Crippen molar-refractivity contribution in [1.82, 2.24) is 0 Å². The highest BCUT2D eigenvalue weighted by atomic mass is 16.2. The fourth-order valence-corrected chi connectivity index (χ4v) is 5.30. The van der Waals surface area contributed by atoms with Crippen molar-refractivity contribution < 1.29 is 4.79 Å².